The van der Waals surface area contributed by atoms with E-state index in [1.165, 1.54) is 47.7 Å². The van der Waals surface area contributed by atoms with Crippen LogP contribution in [0, 0.1) is 5.82 Å². The zero-order valence-electron chi connectivity index (χ0n) is 12.4. The second-order valence-corrected chi connectivity index (χ2v) is 6.10. The van der Waals surface area contributed by atoms with E-state index in [0.717, 1.165) is 4.70 Å². The van der Waals surface area contributed by atoms with E-state index in [1.807, 2.05) is 0 Å². The van der Waals surface area contributed by atoms with Crippen LogP contribution >= 0.6 is 11.3 Å². The first-order valence-electron chi connectivity index (χ1n) is 6.97. The van der Waals surface area contributed by atoms with Crippen LogP contribution in [0.25, 0.3) is 10.2 Å². The van der Waals surface area contributed by atoms with Crippen molar-refractivity contribution in [3.8, 4) is 5.75 Å². The lowest BCUT2D eigenvalue weighted by Gasteiger charge is -2.09. The Morgan fingerprint density at radius 3 is 2.56 bits per heavy atom. The molecule has 0 atom stereocenters. The van der Waals surface area contributed by atoms with Crippen molar-refractivity contribution in [3.63, 3.8) is 0 Å². The first-order chi connectivity index (χ1) is 11.8. The Balaban J connectivity index is 1.62. The van der Waals surface area contributed by atoms with Crippen molar-refractivity contribution in [2.45, 2.75) is 12.8 Å². The molecule has 1 heterocycles. The zero-order chi connectivity index (χ0) is 18.0. The van der Waals surface area contributed by atoms with Crippen molar-refractivity contribution in [1.82, 2.24) is 4.98 Å². The van der Waals surface area contributed by atoms with Gasteiger partial charge in [-0.2, -0.15) is 13.2 Å². The molecule has 4 nitrogen and oxygen atoms in total. The number of rotatable bonds is 4. The summed E-state index contributed by atoms with van der Waals surface area (Å²) in [5.41, 5.74) is 0.541. The fourth-order valence-corrected chi connectivity index (χ4v) is 2.85. The van der Waals surface area contributed by atoms with Crippen LogP contribution in [0.1, 0.15) is 5.01 Å². The Morgan fingerprint density at radius 1 is 1.16 bits per heavy atom. The molecule has 0 fully saturated rings. The summed E-state index contributed by atoms with van der Waals surface area (Å²) in [7, 11) is 0. The molecule has 0 aliphatic rings. The number of halogens is 4. The molecule has 0 bridgehead atoms. The highest BCUT2D eigenvalue weighted by molar-refractivity contribution is 7.18. The molecular weight excluding hydrogens is 360 g/mol. The Kier molecular flexibility index (Phi) is 4.58. The van der Waals surface area contributed by atoms with Crippen molar-refractivity contribution >= 4 is 33.1 Å². The number of benzene rings is 2. The molecule has 0 unspecified atom stereocenters. The van der Waals surface area contributed by atoms with Crippen LogP contribution in [-0.2, 0) is 11.4 Å². The van der Waals surface area contributed by atoms with Gasteiger partial charge in [0, 0.05) is 11.8 Å². The number of carbonyl (C=O) groups excluding carboxylic acids is 1. The fraction of sp³-hybridized carbons (Fsp3) is 0.125. The predicted molar refractivity (Wildman–Crippen MR) is 85.0 cm³/mol. The highest BCUT2D eigenvalue weighted by atomic mass is 32.1. The van der Waals surface area contributed by atoms with Gasteiger partial charge < -0.3 is 10.1 Å². The van der Waals surface area contributed by atoms with Gasteiger partial charge in [-0.1, -0.05) is 0 Å². The van der Waals surface area contributed by atoms with Crippen LogP contribution in [0.4, 0.5) is 23.2 Å². The third-order valence-electron chi connectivity index (χ3n) is 3.13. The third kappa shape index (κ3) is 4.24. The van der Waals surface area contributed by atoms with Gasteiger partial charge in [0.15, 0.2) is 0 Å². The van der Waals surface area contributed by atoms with Crippen LogP contribution < -0.4 is 10.1 Å². The van der Waals surface area contributed by atoms with Crippen molar-refractivity contribution in [2.24, 2.45) is 0 Å². The van der Waals surface area contributed by atoms with Gasteiger partial charge in [-0.25, -0.2) is 9.37 Å². The summed E-state index contributed by atoms with van der Waals surface area (Å²) in [6.45, 7) is 0.134. The second kappa shape index (κ2) is 6.67. The molecule has 1 aromatic heterocycles. The molecule has 0 radical (unpaired) electrons. The molecule has 0 aliphatic heterocycles. The number of carbonyl (C=O) groups is 1. The maximum Gasteiger partial charge on any atom is 0.471 e. The molecule has 0 aliphatic carbocycles. The monoisotopic (exact) mass is 370 g/mol. The normalized spacial score (nSPS) is 11.5. The summed E-state index contributed by atoms with van der Waals surface area (Å²) in [5, 5.41) is 2.37. The molecule has 0 saturated carbocycles. The summed E-state index contributed by atoms with van der Waals surface area (Å²) in [6.07, 6.45) is -4.94. The van der Waals surface area contributed by atoms with Crippen molar-refractivity contribution in [2.75, 3.05) is 5.32 Å². The van der Waals surface area contributed by atoms with Gasteiger partial charge in [0.1, 0.15) is 23.2 Å². The number of fused-ring (bicyclic) bond motifs is 1. The summed E-state index contributed by atoms with van der Waals surface area (Å²) < 4.78 is 56.0. The average molecular weight is 370 g/mol. The van der Waals surface area contributed by atoms with Gasteiger partial charge >= 0.3 is 12.1 Å². The van der Waals surface area contributed by atoms with Crippen molar-refractivity contribution in [3.05, 3.63) is 53.3 Å². The summed E-state index contributed by atoms with van der Waals surface area (Å²) in [4.78, 5) is 15.1. The predicted octanol–water partition coefficient (Wildman–Crippen LogP) is 4.52. The highest BCUT2D eigenvalue weighted by Crippen LogP contribution is 2.25. The minimum absolute atomic E-state index is 0.00476. The summed E-state index contributed by atoms with van der Waals surface area (Å²) >= 11 is 1.35. The van der Waals surface area contributed by atoms with Crippen LogP contribution in [-0.4, -0.2) is 17.1 Å². The Hall–Kier alpha value is -2.68. The number of amides is 1. The minimum atomic E-state index is -4.94. The lowest BCUT2D eigenvalue weighted by Crippen LogP contribution is -2.29. The fourth-order valence-electron chi connectivity index (χ4n) is 1.99. The van der Waals surface area contributed by atoms with Crippen LogP contribution in [0.2, 0.25) is 0 Å². The molecule has 2 aromatic carbocycles. The van der Waals surface area contributed by atoms with E-state index in [2.05, 4.69) is 4.98 Å². The van der Waals surface area contributed by atoms with E-state index in [9.17, 15) is 22.4 Å². The third-order valence-corrected chi connectivity index (χ3v) is 4.14. The number of hydrogen-bond acceptors (Lipinski definition) is 4. The van der Waals surface area contributed by atoms with Gasteiger partial charge in [-0.15, -0.1) is 11.3 Å². The standard InChI is InChI=1S/C16H10F4N2O2S/c17-9-1-6-13-12(7-9)22-14(25-13)8-24-11-4-2-10(3-5-11)21-15(23)16(18,19)20/h1-7H,8H2,(H,21,23). The number of alkyl halides is 3. The molecule has 1 N–H and O–H groups in total. The number of nitrogens with zero attached hydrogens (tertiary/aromatic N) is 1. The average Bonchev–Trinajstić information content (AvgIpc) is 2.95. The van der Waals surface area contributed by atoms with E-state index in [-0.39, 0.29) is 18.1 Å². The first-order valence-corrected chi connectivity index (χ1v) is 7.79. The number of nitrogens with one attached hydrogen (secondary N) is 1. The Morgan fingerprint density at radius 2 is 1.88 bits per heavy atom. The molecule has 130 valence electrons. The van der Waals surface area contributed by atoms with E-state index in [4.69, 9.17) is 4.74 Å². The number of anilines is 1. The molecule has 9 heteroatoms. The van der Waals surface area contributed by atoms with E-state index < -0.39 is 12.1 Å². The molecule has 3 rings (SSSR count). The number of thiazole rings is 1. The number of ether oxygens (including phenoxy) is 1. The van der Waals surface area contributed by atoms with Crippen LogP contribution in [0.3, 0.4) is 0 Å². The first kappa shape index (κ1) is 17.2. The van der Waals surface area contributed by atoms with Crippen LogP contribution in [0.5, 0.6) is 5.75 Å². The topological polar surface area (TPSA) is 51.2 Å². The summed E-state index contributed by atoms with van der Waals surface area (Å²) in [6, 6.07) is 9.76. The molecule has 25 heavy (non-hydrogen) atoms. The van der Waals surface area contributed by atoms with Crippen LogP contribution in [0.15, 0.2) is 42.5 Å². The lowest BCUT2D eigenvalue weighted by molar-refractivity contribution is -0.167. The maximum absolute atomic E-state index is 13.1. The van der Waals surface area contributed by atoms with Gasteiger partial charge in [0.2, 0.25) is 0 Å². The Labute approximate surface area is 143 Å². The lowest BCUT2D eigenvalue weighted by atomic mass is 10.3. The van der Waals surface area contributed by atoms with E-state index in [0.29, 0.717) is 16.3 Å². The van der Waals surface area contributed by atoms with Crippen molar-refractivity contribution in [1.29, 1.82) is 0 Å². The smallest absolute Gasteiger partial charge is 0.471 e. The van der Waals surface area contributed by atoms with Gasteiger partial charge in [-0.3, -0.25) is 4.79 Å². The number of hydrogen-bond donors (Lipinski definition) is 1. The van der Waals surface area contributed by atoms with Gasteiger partial charge in [0.25, 0.3) is 0 Å². The van der Waals surface area contributed by atoms with Gasteiger partial charge in [-0.05, 0) is 36.4 Å². The molecular formula is C16H10F4N2O2S. The molecule has 1 amide bonds. The number of aromatic nitrogens is 1. The van der Waals surface area contributed by atoms with E-state index >= 15 is 0 Å². The zero-order valence-corrected chi connectivity index (χ0v) is 13.2. The minimum Gasteiger partial charge on any atom is -0.486 e. The van der Waals surface area contributed by atoms with Gasteiger partial charge in [0.05, 0.1) is 10.2 Å². The quantitative estimate of drug-likeness (QED) is 0.688. The largest absolute Gasteiger partial charge is 0.486 e. The van der Waals surface area contributed by atoms with Crippen molar-refractivity contribution < 1.29 is 27.1 Å². The molecule has 0 spiro atoms. The SMILES string of the molecule is O=C(Nc1ccc(OCc2nc3cc(F)ccc3s2)cc1)C(F)(F)F. The Bertz CT molecular complexity index is 907. The maximum atomic E-state index is 13.1. The second-order valence-electron chi connectivity index (χ2n) is 4.98. The highest BCUT2D eigenvalue weighted by Gasteiger charge is 2.38. The molecule has 0 saturated heterocycles. The summed E-state index contributed by atoms with van der Waals surface area (Å²) in [5.74, 6) is -2.01. The van der Waals surface area contributed by atoms with E-state index in [1.54, 1.807) is 11.4 Å². The molecule has 3 aromatic rings.